The fourth-order valence-corrected chi connectivity index (χ4v) is 1.70. The molecule has 1 N–H and O–H groups in total. The van der Waals surface area contributed by atoms with E-state index in [1.54, 1.807) is 23.1 Å². The Bertz CT molecular complexity index is 506. The second-order valence-corrected chi connectivity index (χ2v) is 4.35. The number of nitrogens with zero attached hydrogens (tertiary/aromatic N) is 1. The number of carbonyl (C=O) groups is 1. The number of amides is 1. The van der Waals surface area contributed by atoms with Crippen LogP contribution in [0.2, 0.25) is 0 Å². The second kappa shape index (κ2) is 4.53. The van der Waals surface area contributed by atoms with E-state index in [0.29, 0.717) is 5.56 Å². The molecule has 0 aliphatic heterocycles. The van der Waals surface area contributed by atoms with Crippen LogP contribution in [0.1, 0.15) is 15.9 Å². The molecule has 82 valence electrons. The first-order valence-electron chi connectivity index (χ1n) is 4.87. The molecular weight excluding hydrogens is 268 g/mol. The van der Waals surface area contributed by atoms with E-state index < -0.39 is 0 Å². The highest BCUT2D eigenvalue weighted by atomic mass is 79.9. The molecule has 0 aliphatic carbocycles. The fraction of sp³-hybridized carbons (Fsp3) is 0.0833. The predicted molar refractivity (Wildman–Crippen MR) is 67.0 cm³/mol. The molecule has 1 amide bonds. The SMILES string of the molecule is Cc1ccc(C(=O)Nn2cccc2)cc1Br. The molecule has 2 aromatic rings. The number of carbonyl (C=O) groups excluding carboxylic acids is 1. The van der Waals surface area contributed by atoms with Crippen molar-refractivity contribution in [2.45, 2.75) is 6.92 Å². The molecule has 0 aliphatic rings. The van der Waals surface area contributed by atoms with Crippen molar-refractivity contribution in [2.24, 2.45) is 0 Å². The highest BCUT2D eigenvalue weighted by Crippen LogP contribution is 2.17. The van der Waals surface area contributed by atoms with Gasteiger partial charge in [-0.05, 0) is 36.8 Å². The van der Waals surface area contributed by atoms with Crippen LogP contribution in [0.25, 0.3) is 0 Å². The minimum absolute atomic E-state index is 0.128. The van der Waals surface area contributed by atoms with Crippen molar-refractivity contribution in [3.05, 3.63) is 58.3 Å². The van der Waals surface area contributed by atoms with Crippen LogP contribution in [0.4, 0.5) is 0 Å². The normalized spacial score (nSPS) is 10.1. The van der Waals surface area contributed by atoms with E-state index in [1.165, 1.54) is 0 Å². The lowest BCUT2D eigenvalue weighted by molar-refractivity contribution is 0.101. The van der Waals surface area contributed by atoms with Gasteiger partial charge in [-0.3, -0.25) is 14.9 Å². The van der Waals surface area contributed by atoms with Gasteiger partial charge in [-0.1, -0.05) is 22.0 Å². The summed E-state index contributed by atoms with van der Waals surface area (Å²) in [5.41, 5.74) is 4.48. The number of aryl methyl sites for hydroxylation is 1. The molecule has 1 aromatic heterocycles. The van der Waals surface area contributed by atoms with Gasteiger partial charge in [0.2, 0.25) is 0 Å². The zero-order valence-corrected chi connectivity index (χ0v) is 10.4. The number of rotatable bonds is 2. The molecule has 0 fully saturated rings. The molecule has 1 aromatic carbocycles. The maximum Gasteiger partial charge on any atom is 0.270 e. The highest BCUT2D eigenvalue weighted by Gasteiger charge is 2.06. The third-order valence-electron chi connectivity index (χ3n) is 2.27. The summed E-state index contributed by atoms with van der Waals surface area (Å²) >= 11 is 3.41. The third-order valence-corrected chi connectivity index (χ3v) is 3.12. The first-order valence-corrected chi connectivity index (χ1v) is 5.66. The topological polar surface area (TPSA) is 34.0 Å². The van der Waals surface area contributed by atoms with Crippen LogP contribution >= 0.6 is 15.9 Å². The summed E-state index contributed by atoms with van der Waals surface area (Å²) in [5, 5.41) is 0. The van der Waals surface area contributed by atoms with E-state index in [1.807, 2.05) is 31.2 Å². The summed E-state index contributed by atoms with van der Waals surface area (Å²) in [4.78, 5) is 11.8. The van der Waals surface area contributed by atoms with E-state index in [-0.39, 0.29) is 5.91 Å². The molecule has 4 heteroatoms. The summed E-state index contributed by atoms with van der Waals surface area (Å²) in [6, 6.07) is 9.23. The number of aromatic nitrogens is 1. The van der Waals surface area contributed by atoms with Gasteiger partial charge in [-0.25, -0.2) is 0 Å². The summed E-state index contributed by atoms with van der Waals surface area (Å²) in [7, 11) is 0. The zero-order chi connectivity index (χ0) is 11.5. The Hall–Kier alpha value is -1.55. The average molecular weight is 279 g/mol. The Balaban J connectivity index is 2.18. The van der Waals surface area contributed by atoms with Gasteiger partial charge >= 0.3 is 0 Å². The van der Waals surface area contributed by atoms with Crippen LogP contribution in [0.3, 0.4) is 0 Å². The van der Waals surface area contributed by atoms with Gasteiger partial charge in [-0.2, -0.15) is 0 Å². The van der Waals surface area contributed by atoms with Crippen molar-refractivity contribution in [1.29, 1.82) is 0 Å². The van der Waals surface area contributed by atoms with Crippen molar-refractivity contribution in [3.63, 3.8) is 0 Å². The maximum atomic E-state index is 11.8. The van der Waals surface area contributed by atoms with E-state index in [4.69, 9.17) is 0 Å². The summed E-state index contributed by atoms with van der Waals surface area (Å²) < 4.78 is 2.56. The molecule has 0 unspecified atom stereocenters. The largest absolute Gasteiger partial charge is 0.270 e. The minimum Gasteiger partial charge on any atom is -0.268 e. The molecular formula is C12H11BrN2O. The summed E-state index contributed by atoms with van der Waals surface area (Å²) in [6.45, 7) is 1.98. The Morgan fingerprint density at radius 3 is 2.62 bits per heavy atom. The first kappa shape index (κ1) is 11.0. The second-order valence-electron chi connectivity index (χ2n) is 3.50. The number of halogens is 1. The van der Waals surface area contributed by atoms with E-state index >= 15 is 0 Å². The summed E-state index contributed by atoms with van der Waals surface area (Å²) in [6.07, 6.45) is 3.56. The third kappa shape index (κ3) is 2.33. The number of hydrogen-bond donors (Lipinski definition) is 1. The van der Waals surface area contributed by atoms with Crippen LogP contribution in [-0.4, -0.2) is 10.6 Å². The Morgan fingerprint density at radius 2 is 2.00 bits per heavy atom. The van der Waals surface area contributed by atoms with Crippen LogP contribution in [-0.2, 0) is 0 Å². The molecule has 2 rings (SSSR count). The van der Waals surface area contributed by atoms with Crippen molar-refractivity contribution in [2.75, 3.05) is 5.43 Å². The van der Waals surface area contributed by atoms with Crippen molar-refractivity contribution in [1.82, 2.24) is 4.68 Å². The van der Waals surface area contributed by atoms with Gasteiger partial charge in [0.25, 0.3) is 5.91 Å². The molecule has 16 heavy (non-hydrogen) atoms. The van der Waals surface area contributed by atoms with Crippen LogP contribution in [0.5, 0.6) is 0 Å². The smallest absolute Gasteiger partial charge is 0.268 e. The highest BCUT2D eigenvalue weighted by molar-refractivity contribution is 9.10. The van der Waals surface area contributed by atoms with E-state index in [9.17, 15) is 4.79 Å². The number of hydrogen-bond acceptors (Lipinski definition) is 1. The molecule has 0 radical (unpaired) electrons. The molecule has 0 saturated carbocycles. The van der Waals surface area contributed by atoms with Crippen LogP contribution in [0, 0.1) is 6.92 Å². The van der Waals surface area contributed by atoms with E-state index in [0.717, 1.165) is 10.0 Å². The average Bonchev–Trinajstić information content (AvgIpc) is 2.74. The number of benzene rings is 1. The van der Waals surface area contributed by atoms with Crippen molar-refractivity contribution in [3.8, 4) is 0 Å². The maximum absolute atomic E-state index is 11.8. The minimum atomic E-state index is -0.128. The zero-order valence-electron chi connectivity index (χ0n) is 8.77. The predicted octanol–water partition coefficient (Wildman–Crippen LogP) is 2.94. The molecule has 0 atom stereocenters. The van der Waals surface area contributed by atoms with Gasteiger partial charge in [0.05, 0.1) is 0 Å². The van der Waals surface area contributed by atoms with E-state index in [2.05, 4.69) is 21.4 Å². The number of nitrogens with one attached hydrogen (secondary N) is 1. The van der Waals surface area contributed by atoms with Crippen molar-refractivity contribution >= 4 is 21.8 Å². The van der Waals surface area contributed by atoms with Gasteiger partial charge in [-0.15, -0.1) is 0 Å². The Labute approximate surface area is 102 Å². The molecule has 0 spiro atoms. The standard InChI is InChI=1S/C12H11BrN2O/c1-9-4-5-10(8-11(9)13)12(16)14-15-6-2-3-7-15/h2-8H,1H3,(H,14,16). The fourth-order valence-electron chi connectivity index (χ4n) is 1.32. The van der Waals surface area contributed by atoms with Crippen LogP contribution in [0.15, 0.2) is 47.2 Å². The van der Waals surface area contributed by atoms with Gasteiger partial charge in [0.15, 0.2) is 0 Å². The monoisotopic (exact) mass is 278 g/mol. The Kier molecular flexibility index (Phi) is 3.10. The van der Waals surface area contributed by atoms with Crippen molar-refractivity contribution < 1.29 is 4.79 Å². The molecule has 1 heterocycles. The molecule has 3 nitrogen and oxygen atoms in total. The lowest BCUT2D eigenvalue weighted by Crippen LogP contribution is -2.21. The van der Waals surface area contributed by atoms with Gasteiger partial charge < -0.3 is 0 Å². The van der Waals surface area contributed by atoms with Gasteiger partial charge in [0, 0.05) is 22.4 Å². The lowest BCUT2D eigenvalue weighted by Gasteiger charge is -2.07. The first-order chi connectivity index (χ1) is 7.66. The lowest BCUT2D eigenvalue weighted by atomic mass is 10.1. The molecule has 0 bridgehead atoms. The Morgan fingerprint density at radius 1 is 1.31 bits per heavy atom. The summed E-state index contributed by atoms with van der Waals surface area (Å²) in [5.74, 6) is -0.128. The van der Waals surface area contributed by atoms with Crippen LogP contribution < -0.4 is 5.43 Å². The quantitative estimate of drug-likeness (QED) is 0.901. The van der Waals surface area contributed by atoms with Gasteiger partial charge in [0.1, 0.15) is 0 Å². The molecule has 0 saturated heterocycles.